The van der Waals surface area contributed by atoms with Crippen molar-refractivity contribution in [2.45, 2.75) is 27.2 Å². The van der Waals surface area contributed by atoms with E-state index in [1.807, 2.05) is 12.1 Å². The summed E-state index contributed by atoms with van der Waals surface area (Å²) >= 11 is 0. The highest BCUT2D eigenvalue weighted by Gasteiger charge is 2.19. The van der Waals surface area contributed by atoms with E-state index in [4.69, 9.17) is 4.74 Å². The molecule has 0 saturated heterocycles. The van der Waals surface area contributed by atoms with Crippen LogP contribution in [0.2, 0.25) is 0 Å². The molecular weight excluding hydrogens is 587 g/mol. The van der Waals surface area contributed by atoms with Gasteiger partial charge >= 0.3 is 5.97 Å². The molecule has 0 unspecified atom stereocenters. The summed E-state index contributed by atoms with van der Waals surface area (Å²) in [5.41, 5.74) is 11.7. The van der Waals surface area contributed by atoms with Crippen LogP contribution in [0.5, 0.6) is 5.75 Å². The predicted octanol–water partition coefficient (Wildman–Crippen LogP) is 12.1. The van der Waals surface area contributed by atoms with E-state index in [1.165, 1.54) is 49.4 Å². The van der Waals surface area contributed by atoms with Crippen LogP contribution in [0.1, 0.15) is 23.6 Å². The highest BCUT2D eigenvalue weighted by molar-refractivity contribution is 6.15. The zero-order valence-electron chi connectivity index (χ0n) is 27.5. The van der Waals surface area contributed by atoms with Gasteiger partial charge in [-0.1, -0.05) is 116 Å². The first-order valence-corrected chi connectivity index (χ1v) is 16.4. The van der Waals surface area contributed by atoms with Crippen LogP contribution < -0.4 is 9.64 Å². The van der Waals surface area contributed by atoms with Gasteiger partial charge in [-0.15, -0.1) is 0 Å². The Morgan fingerprint density at radius 3 is 1.77 bits per heavy atom. The van der Waals surface area contributed by atoms with Crippen LogP contribution in [0.4, 0.5) is 17.1 Å². The molecule has 48 heavy (non-hydrogen) atoms. The Labute approximate surface area is 282 Å². The summed E-state index contributed by atoms with van der Waals surface area (Å²) in [6, 6.07) is 49.4. The summed E-state index contributed by atoms with van der Waals surface area (Å²) < 4.78 is 5.27. The van der Waals surface area contributed by atoms with Crippen molar-refractivity contribution in [2.75, 3.05) is 4.90 Å². The molecule has 0 aromatic heterocycles. The minimum Gasteiger partial charge on any atom is -0.423 e. The van der Waals surface area contributed by atoms with E-state index in [0.717, 1.165) is 40.7 Å². The van der Waals surface area contributed by atoms with Gasteiger partial charge in [-0.05, 0) is 112 Å². The largest absolute Gasteiger partial charge is 0.423 e. The molecule has 3 nitrogen and oxygen atoms in total. The maximum Gasteiger partial charge on any atom is 0.335 e. The second-order valence-electron chi connectivity index (χ2n) is 12.2. The van der Waals surface area contributed by atoms with Crippen LogP contribution in [-0.2, 0) is 11.2 Å². The van der Waals surface area contributed by atoms with Gasteiger partial charge in [-0.3, -0.25) is 0 Å². The number of anilines is 3. The molecule has 0 amide bonds. The summed E-state index contributed by atoms with van der Waals surface area (Å²) in [7, 11) is 0. The van der Waals surface area contributed by atoms with Gasteiger partial charge in [0.05, 0.1) is 5.69 Å². The van der Waals surface area contributed by atoms with Gasteiger partial charge in [0.1, 0.15) is 5.75 Å². The highest BCUT2D eigenvalue weighted by atomic mass is 16.5. The smallest absolute Gasteiger partial charge is 0.335 e. The number of esters is 1. The van der Waals surface area contributed by atoms with Crippen molar-refractivity contribution in [3.63, 3.8) is 0 Å². The van der Waals surface area contributed by atoms with E-state index < -0.39 is 5.97 Å². The molecular formula is C45H37NO2. The molecule has 0 bridgehead atoms. The fraction of sp³-hybridized carbons (Fsp3) is 0.0889. The molecule has 7 aromatic carbocycles. The molecule has 0 aliphatic rings. The van der Waals surface area contributed by atoms with Gasteiger partial charge in [0, 0.05) is 22.8 Å². The molecule has 0 fully saturated rings. The number of ether oxygens (including phenoxy) is 1. The van der Waals surface area contributed by atoms with Crippen LogP contribution >= 0.6 is 0 Å². The van der Waals surface area contributed by atoms with Gasteiger partial charge < -0.3 is 9.64 Å². The summed E-state index contributed by atoms with van der Waals surface area (Å²) in [6.07, 6.45) is 2.12. The zero-order chi connectivity index (χ0) is 33.2. The summed E-state index contributed by atoms with van der Waals surface area (Å²) in [5.74, 6) is 0.0208. The number of carbonyl (C=O) groups excluding carboxylic acids is 1. The fourth-order valence-electron chi connectivity index (χ4n) is 6.60. The van der Waals surface area contributed by atoms with Crippen molar-refractivity contribution in [3.8, 4) is 28.0 Å². The SMILES string of the molecule is C=CC(=O)Oc1ccc(-c2ccc(N(c3ccc(-c4ccc(C)cc4)cc3)c3ccc(CC)c4c3ccc3cccc(C)c34)cc2)cc1. The normalized spacial score (nSPS) is 11.1. The van der Waals surface area contributed by atoms with Crippen LogP contribution in [0.25, 0.3) is 43.8 Å². The lowest BCUT2D eigenvalue weighted by molar-refractivity contribution is -0.128. The molecule has 0 heterocycles. The van der Waals surface area contributed by atoms with E-state index in [1.54, 1.807) is 12.1 Å². The standard InChI is InChI=1S/C45H37NO2/c1-5-32-21-29-42(41-28-20-37-9-7-8-31(4)44(37)45(32)41)46(38-22-14-34(15-23-38)33-12-10-30(3)11-13-33)39-24-16-35(17-25-39)36-18-26-40(27-19-36)48-43(47)6-2/h6-29H,2,5H2,1,3-4H3. The lowest BCUT2D eigenvalue weighted by Gasteiger charge is -2.28. The van der Waals surface area contributed by atoms with Gasteiger partial charge in [-0.25, -0.2) is 4.79 Å². The fourth-order valence-corrected chi connectivity index (χ4v) is 6.60. The molecule has 234 valence electrons. The number of rotatable bonds is 8. The average molecular weight is 624 g/mol. The Hall–Kier alpha value is -5.93. The Morgan fingerprint density at radius 2 is 1.21 bits per heavy atom. The molecule has 7 rings (SSSR count). The molecule has 0 saturated carbocycles. The van der Waals surface area contributed by atoms with Crippen LogP contribution in [0, 0.1) is 13.8 Å². The second-order valence-corrected chi connectivity index (χ2v) is 12.2. The van der Waals surface area contributed by atoms with Crippen molar-refractivity contribution in [3.05, 3.63) is 169 Å². The van der Waals surface area contributed by atoms with Crippen LogP contribution in [-0.4, -0.2) is 5.97 Å². The van der Waals surface area contributed by atoms with Crippen molar-refractivity contribution in [2.24, 2.45) is 0 Å². The number of benzene rings is 7. The van der Waals surface area contributed by atoms with Gasteiger partial charge in [0.15, 0.2) is 0 Å². The van der Waals surface area contributed by atoms with Crippen molar-refractivity contribution in [1.82, 2.24) is 0 Å². The van der Waals surface area contributed by atoms with Crippen LogP contribution in [0.15, 0.2) is 152 Å². The quantitative estimate of drug-likeness (QED) is 0.0730. The number of hydrogen-bond acceptors (Lipinski definition) is 3. The molecule has 0 atom stereocenters. The topological polar surface area (TPSA) is 29.5 Å². The zero-order valence-corrected chi connectivity index (χ0v) is 27.5. The number of hydrogen-bond donors (Lipinski definition) is 0. The van der Waals surface area contributed by atoms with Gasteiger partial charge in [0.2, 0.25) is 0 Å². The lowest BCUT2D eigenvalue weighted by Crippen LogP contribution is -2.11. The number of fused-ring (bicyclic) bond motifs is 3. The highest BCUT2D eigenvalue weighted by Crippen LogP contribution is 2.43. The van der Waals surface area contributed by atoms with E-state index in [-0.39, 0.29) is 0 Å². The number of nitrogens with zero attached hydrogens (tertiary/aromatic N) is 1. The Balaban J connectivity index is 1.36. The van der Waals surface area contributed by atoms with Crippen molar-refractivity contribution < 1.29 is 9.53 Å². The Bertz CT molecular complexity index is 2260. The predicted molar refractivity (Wildman–Crippen MR) is 202 cm³/mol. The third-order valence-electron chi connectivity index (χ3n) is 9.12. The molecule has 0 aliphatic carbocycles. The summed E-state index contributed by atoms with van der Waals surface area (Å²) in [5, 5.41) is 5.13. The van der Waals surface area contributed by atoms with Crippen molar-refractivity contribution in [1.29, 1.82) is 0 Å². The minimum atomic E-state index is -0.471. The van der Waals surface area contributed by atoms with E-state index in [9.17, 15) is 4.79 Å². The average Bonchev–Trinajstić information content (AvgIpc) is 3.13. The Morgan fingerprint density at radius 1 is 0.646 bits per heavy atom. The minimum absolute atomic E-state index is 0.471. The first-order valence-electron chi connectivity index (χ1n) is 16.4. The Kier molecular flexibility index (Phi) is 8.35. The molecule has 0 radical (unpaired) electrons. The monoisotopic (exact) mass is 623 g/mol. The number of aryl methyl sites for hydroxylation is 3. The molecule has 7 aromatic rings. The summed E-state index contributed by atoms with van der Waals surface area (Å²) in [6.45, 7) is 10.0. The van der Waals surface area contributed by atoms with Gasteiger partial charge in [0.25, 0.3) is 0 Å². The maximum atomic E-state index is 11.6. The van der Waals surface area contributed by atoms with E-state index >= 15 is 0 Å². The first kappa shape index (κ1) is 30.7. The van der Waals surface area contributed by atoms with Crippen molar-refractivity contribution >= 4 is 44.6 Å². The van der Waals surface area contributed by atoms with E-state index in [0.29, 0.717) is 5.75 Å². The van der Waals surface area contributed by atoms with E-state index in [2.05, 4.69) is 148 Å². The van der Waals surface area contributed by atoms with Crippen LogP contribution in [0.3, 0.4) is 0 Å². The van der Waals surface area contributed by atoms with Gasteiger partial charge in [-0.2, -0.15) is 0 Å². The molecule has 0 spiro atoms. The summed E-state index contributed by atoms with van der Waals surface area (Å²) in [4.78, 5) is 14.0. The molecule has 3 heteroatoms. The second kappa shape index (κ2) is 13.1. The third kappa shape index (κ3) is 5.87. The molecule has 0 aliphatic heterocycles. The lowest BCUT2D eigenvalue weighted by atomic mass is 9.92. The third-order valence-corrected chi connectivity index (χ3v) is 9.12. The number of carbonyl (C=O) groups is 1. The molecule has 0 N–H and O–H groups in total. The maximum absolute atomic E-state index is 11.6. The first-order chi connectivity index (χ1) is 23.4.